The van der Waals surface area contributed by atoms with Crippen LogP contribution in [0.1, 0.15) is 32.3 Å². The van der Waals surface area contributed by atoms with E-state index in [1.54, 1.807) is 0 Å². The second kappa shape index (κ2) is 12.0. The van der Waals surface area contributed by atoms with Crippen LogP contribution in [0.3, 0.4) is 0 Å². The number of aryl methyl sites for hydroxylation is 1. The largest absolute Gasteiger partial charge is 2.00 e. The van der Waals surface area contributed by atoms with Gasteiger partial charge < -0.3 is 6.92 Å². The molecule has 1 aromatic carbocycles. The number of hydrogen-bond acceptors (Lipinski definition) is 0. The van der Waals surface area contributed by atoms with Crippen LogP contribution in [-0.2, 0) is 6.42 Å². The maximum atomic E-state index is 3.49. The van der Waals surface area contributed by atoms with Crippen LogP contribution >= 0.6 is 0 Å². The molecule has 0 aliphatic carbocycles. The molecule has 0 bridgehead atoms. The van der Waals surface area contributed by atoms with Crippen molar-refractivity contribution in [3.63, 3.8) is 0 Å². The molecule has 0 aromatic heterocycles. The van der Waals surface area contributed by atoms with Gasteiger partial charge in [0, 0.05) is 0 Å². The molecule has 0 spiro atoms. The zero-order valence-corrected chi connectivity index (χ0v) is 10.3. The Balaban J connectivity index is 0. The zero-order valence-electron chi connectivity index (χ0n) is 8.84. The first-order valence-electron chi connectivity index (χ1n) is 4.60. The molecule has 0 heterocycles. The fraction of sp³-hybridized carbons (Fsp3) is 0.417. The van der Waals surface area contributed by atoms with Crippen LogP contribution in [0, 0.1) is 13.0 Å². The second-order valence-electron chi connectivity index (χ2n) is 2.64. The summed E-state index contributed by atoms with van der Waals surface area (Å²) in [5.74, 6) is 0. The molecule has 0 fully saturated rings. The normalized spacial score (nSPS) is 7.92. The molecule has 0 saturated heterocycles. The molecule has 0 unspecified atom stereocenters. The second-order valence-corrected chi connectivity index (χ2v) is 2.64. The number of rotatable bonds is 2. The first-order valence-corrected chi connectivity index (χ1v) is 4.60. The van der Waals surface area contributed by atoms with Crippen LogP contribution in [0.5, 0.6) is 0 Å². The van der Waals surface area contributed by atoms with E-state index in [-0.39, 0.29) is 23.1 Å². The molecule has 0 N–H and O–H groups in total. The van der Waals surface area contributed by atoms with Crippen LogP contribution in [0.4, 0.5) is 0 Å². The van der Waals surface area contributed by atoms with Gasteiger partial charge in [0.15, 0.2) is 0 Å². The first kappa shape index (κ1) is 15.5. The minimum Gasteiger partial charge on any atom is -0.344 e. The maximum absolute atomic E-state index is 3.49. The summed E-state index contributed by atoms with van der Waals surface area (Å²) >= 11 is 0. The van der Waals surface area contributed by atoms with E-state index in [1.807, 2.05) is 19.1 Å². The molecular weight excluding hydrogens is 168 g/mol. The van der Waals surface area contributed by atoms with Gasteiger partial charge in [-0.15, -0.1) is 0 Å². The average Bonchev–Trinajstić information content (AvgIpc) is 2.08. The molecular formula is C12H18Mg. The Hall–Kier alpha value is -0.0138. The van der Waals surface area contributed by atoms with Gasteiger partial charge in [-0.2, -0.15) is 42.3 Å². The third-order valence-corrected chi connectivity index (χ3v) is 1.29. The van der Waals surface area contributed by atoms with E-state index >= 15 is 0 Å². The molecule has 1 rings (SSSR count). The molecule has 0 aliphatic rings. The van der Waals surface area contributed by atoms with Crippen LogP contribution in [-0.4, -0.2) is 23.1 Å². The van der Waals surface area contributed by atoms with Gasteiger partial charge in [-0.3, -0.25) is 0 Å². The van der Waals surface area contributed by atoms with Crippen molar-refractivity contribution in [2.45, 2.75) is 33.1 Å². The summed E-state index contributed by atoms with van der Waals surface area (Å²) in [6.45, 7) is 7.68. The Kier molecular flexibility index (Phi) is 14.3. The summed E-state index contributed by atoms with van der Waals surface area (Å²) in [6, 6.07) is 11.3. The summed E-state index contributed by atoms with van der Waals surface area (Å²) < 4.78 is 0. The molecule has 1 heteroatoms. The Morgan fingerprint density at radius 2 is 1.92 bits per heavy atom. The standard InChI is InChI=1S/C9H11.C3H7.Mg/c1-2-6-9-7-4-3-5-8-9;1-3-2;/h3-5,7H,2,6H2,1H3;1,3H2,2H3;/q2*-1;+2. The summed E-state index contributed by atoms with van der Waals surface area (Å²) in [5.41, 5.74) is 1.32. The summed E-state index contributed by atoms with van der Waals surface area (Å²) in [4.78, 5) is 0. The molecule has 0 aliphatic heterocycles. The molecule has 68 valence electrons. The molecule has 1 aromatic rings. The maximum Gasteiger partial charge on any atom is 2.00 e. The van der Waals surface area contributed by atoms with Crippen molar-refractivity contribution in [1.82, 2.24) is 0 Å². The van der Waals surface area contributed by atoms with Gasteiger partial charge in [0.2, 0.25) is 0 Å². The van der Waals surface area contributed by atoms with Crippen molar-refractivity contribution in [2.24, 2.45) is 0 Å². The summed E-state index contributed by atoms with van der Waals surface area (Å²) in [7, 11) is 0. The van der Waals surface area contributed by atoms with E-state index in [2.05, 4.69) is 32.0 Å². The third-order valence-electron chi connectivity index (χ3n) is 1.29. The smallest absolute Gasteiger partial charge is 0.344 e. The Labute approximate surface area is 98.9 Å². The molecule has 0 radical (unpaired) electrons. The van der Waals surface area contributed by atoms with Gasteiger partial charge in [0.1, 0.15) is 0 Å². The molecule has 0 saturated carbocycles. The number of hydrogen-bond donors (Lipinski definition) is 0. The van der Waals surface area contributed by atoms with Gasteiger partial charge in [-0.05, 0) is 0 Å². The van der Waals surface area contributed by atoms with E-state index in [4.69, 9.17) is 0 Å². The Bertz CT molecular complexity index is 170. The monoisotopic (exact) mass is 186 g/mol. The Morgan fingerprint density at radius 3 is 2.31 bits per heavy atom. The van der Waals surface area contributed by atoms with E-state index < -0.39 is 0 Å². The summed E-state index contributed by atoms with van der Waals surface area (Å²) in [5, 5.41) is 0. The summed E-state index contributed by atoms with van der Waals surface area (Å²) in [6.07, 6.45) is 3.36. The van der Waals surface area contributed by atoms with E-state index in [0.29, 0.717) is 0 Å². The van der Waals surface area contributed by atoms with E-state index in [9.17, 15) is 0 Å². The minimum absolute atomic E-state index is 0. The fourth-order valence-electron chi connectivity index (χ4n) is 0.855. The van der Waals surface area contributed by atoms with Crippen LogP contribution < -0.4 is 0 Å². The van der Waals surface area contributed by atoms with Gasteiger partial charge in [-0.25, -0.2) is 0 Å². The van der Waals surface area contributed by atoms with Gasteiger partial charge in [0.05, 0.1) is 0 Å². The van der Waals surface area contributed by atoms with Crippen molar-refractivity contribution in [2.75, 3.05) is 0 Å². The molecule has 13 heavy (non-hydrogen) atoms. The van der Waals surface area contributed by atoms with Crippen LogP contribution in [0.25, 0.3) is 0 Å². The third kappa shape index (κ3) is 9.90. The molecule has 0 nitrogen and oxygen atoms in total. The topological polar surface area (TPSA) is 0 Å². The van der Waals surface area contributed by atoms with Gasteiger partial charge in [0.25, 0.3) is 0 Å². The molecule has 0 atom stereocenters. The SMILES string of the molecule is CCCc1[c-]cccc1.[CH2-]CC.[Mg+2]. The number of benzene rings is 1. The fourth-order valence-corrected chi connectivity index (χ4v) is 0.855. The van der Waals surface area contributed by atoms with Crippen LogP contribution in [0.2, 0.25) is 0 Å². The van der Waals surface area contributed by atoms with Crippen molar-refractivity contribution in [1.29, 1.82) is 0 Å². The van der Waals surface area contributed by atoms with Crippen LogP contribution in [0.15, 0.2) is 24.3 Å². The predicted molar refractivity (Wildman–Crippen MR) is 60.7 cm³/mol. The minimum atomic E-state index is 0. The molecule has 0 amide bonds. The quantitative estimate of drug-likeness (QED) is 0.491. The predicted octanol–water partition coefficient (Wildman–Crippen LogP) is 3.29. The van der Waals surface area contributed by atoms with Crippen molar-refractivity contribution in [3.05, 3.63) is 42.8 Å². The van der Waals surface area contributed by atoms with E-state index in [0.717, 1.165) is 12.8 Å². The van der Waals surface area contributed by atoms with Gasteiger partial charge in [-0.1, -0.05) is 26.7 Å². The Morgan fingerprint density at radius 1 is 1.31 bits per heavy atom. The first-order chi connectivity index (χ1) is 5.85. The zero-order chi connectivity index (χ0) is 9.23. The van der Waals surface area contributed by atoms with Crippen molar-refractivity contribution < 1.29 is 0 Å². The van der Waals surface area contributed by atoms with Gasteiger partial charge >= 0.3 is 23.1 Å². The average molecular weight is 187 g/mol. The van der Waals surface area contributed by atoms with E-state index in [1.165, 1.54) is 12.0 Å². The van der Waals surface area contributed by atoms with Crippen molar-refractivity contribution in [3.8, 4) is 0 Å². The van der Waals surface area contributed by atoms with Crippen molar-refractivity contribution >= 4 is 23.1 Å².